The molecule has 0 fully saturated rings. The van der Waals surface area contributed by atoms with Crippen LogP contribution in [-0.2, 0) is 11.3 Å². The number of aliphatic hydroxyl groups is 1. The fourth-order valence-electron chi connectivity index (χ4n) is 3.64. The third-order valence-corrected chi connectivity index (χ3v) is 4.97. The summed E-state index contributed by atoms with van der Waals surface area (Å²) >= 11 is 0. The Hall–Kier alpha value is -3.61. The fourth-order valence-corrected chi connectivity index (χ4v) is 3.64. The number of aryl methyl sites for hydroxylation is 1. The summed E-state index contributed by atoms with van der Waals surface area (Å²) < 4.78 is 7.06. The Balaban J connectivity index is 1.72. The molecule has 3 aromatic rings. The zero-order valence-corrected chi connectivity index (χ0v) is 16.3. The topological polar surface area (TPSA) is 91.4 Å². The quantitative estimate of drug-likeness (QED) is 0.643. The number of rotatable bonds is 5. The van der Waals surface area contributed by atoms with Crippen LogP contribution in [0.3, 0.4) is 0 Å². The van der Waals surface area contributed by atoms with Crippen LogP contribution in [0.2, 0.25) is 0 Å². The summed E-state index contributed by atoms with van der Waals surface area (Å²) in [5, 5.41) is 19.4. The van der Waals surface area contributed by atoms with Crippen LogP contribution in [0.25, 0.3) is 16.6 Å². The number of aromatic nitrogens is 2. The molecule has 29 heavy (non-hydrogen) atoms. The summed E-state index contributed by atoms with van der Waals surface area (Å²) in [6.07, 6.45) is 0. The lowest BCUT2D eigenvalue weighted by Gasteiger charge is -2.19. The molecule has 0 atom stereocenters. The summed E-state index contributed by atoms with van der Waals surface area (Å²) in [4.78, 5) is 18.4. The highest BCUT2D eigenvalue weighted by Crippen LogP contribution is 2.32. The molecule has 0 amide bonds. The minimum Gasteiger partial charge on any atom is -0.509 e. The third kappa shape index (κ3) is 3.14. The Bertz CT molecular complexity index is 1150. The van der Waals surface area contributed by atoms with Crippen LogP contribution in [0, 0.1) is 5.41 Å². The first-order chi connectivity index (χ1) is 14.0. The van der Waals surface area contributed by atoms with Crippen molar-refractivity contribution in [3.8, 4) is 0 Å². The molecular formula is C22H22N4O3. The van der Waals surface area contributed by atoms with Crippen molar-refractivity contribution in [2.24, 2.45) is 0 Å². The van der Waals surface area contributed by atoms with E-state index in [4.69, 9.17) is 10.1 Å². The number of benzene rings is 2. The Morgan fingerprint density at radius 2 is 2.00 bits per heavy atom. The van der Waals surface area contributed by atoms with Gasteiger partial charge in [0.1, 0.15) is 17.4 Å². The molecule has 1 aliphatic heterocycles. The Morgan fingerprint density at radius 1 is 1.21 bits per heavy atom. The second kappa shape index (κ2) is 7.43. The molecule has 2 aromatic carbocycles. The minimum atomic E-state index is -0.412. The standard InChI is InChI=1S/C22H22N4O3/c1-3-25-17-11-6-5-10-16(17)24-21(25)19-18(27)13-26(20(19)23)15-9-7-8-14(12-15)22(28)29-4-2/h5-12,23,27H,3-4,13H2,1-2H3. The molecule has 0 spiro atoms. The molecule has 148 valence electrons. The molecule has 0 saturated carbocycles. The first kappa shape index (κ1) is 18.7. The van der Waals surface area contributed by atoms with Gasteiger partial charge in [-0.15, -0.1) is 0 Å². The van der Waals surface area contributed by atoms with Gasteiger partial charge in [-0.05, 0) is 44.2 Å². The van der Waals surface area contributed by atoms with Crippen molar-refractivity contribution >= 4 is 34.1 Å². The van der Waals surface area contributed by atoms with E-state index < -0.39 is 5.97 Å². The van der Waals surface area contributed by atoms with Crippen molar-refractivity contribution < 1.29 is 14.6 Å². The molecule has 7 nitrogen and oxygen atoms in total. The predicted octanol–water partition coefficient (Wildman–Crippen LogP) is 4.00. The third-order valence-electron chi connectivity index (χ3n) is 4.97. The highest BCUT2D eigenvalue weighted by molar-refractivity contribution is 6.30. The molecular weight excluding hydrogens is 368 g/mol. The summed E-state index contributed by atoms with van der Waals surface area (Å²) in [5.41, 5.74) is 3.23. The van der Waals surface area contributed by atoms with Gasteiger partial charge in [-0.3, -0.25) is 5.41 Å². The van der Waals surface area contributed by atoms with Crippen LogP contribution in [-0.4, -0.2) is 39.6 Å². The molecule has 0 saturated heterocycles. The molecule has 2 N–H and O–H groups in total. The normalized spacial score (nSPS) is 14.1. The smallest absolute Gasteiger partial charge is 0.338 e. The molecule has 0 unspecified atom stereocenters. The maximum atomic E-state index is 12.1. The minimum absolute atomic E-state index is 0.0848. The van der Waals surface area contributed by atoms with Crippen molar-refractivity contribution in [3.63, 3.8) is 0 Å². The number of imidazole rings is 1. The summed E-state index contributed by atoms with van der Waals surface area (Å²) in [6.45, 7) is 4.87. The second-order valence-corrected chi connectivity index (χ2v) is 6.70. The van der Waals surface area contributed by atoms with Crippen LogP contribution < -0.4 is 4.90 Å². The van der Waals surface area contributed by atoms with Crippen LogP contribution in [0.1, 0.15) is 30.0 Å². The average molecular weight is 390 g/mol. The van der Waals surface area contributed by atoms with E-state index in [9.17, 15) is 9.90 Å². The summed E-state index contributed by atoms with van der Waals surface area (Å²) in [7, 11) is 0. The van der Waals surface area contributed by atoms with Crippen LogP contribution in [0.5, 0.6) is 0 Å². The van der Waals surface area contributed by atoms with Gasteiger partial charge in [0.2, 0.25) is 0 Å². The number of anilines is 1. The number of hydrogen-bond acceptors (Lipinski definition) is 5. The van der Waals surface area contributed by atoms with Gasteiger partial charge in [-0.2, -0.15) is 0 Å². The van der Waals surface area contributed by atoms with Crippen LogP contribution >= 0.6 is 0 Å². The molecule has 1 aliphatic rings. The molecule has 2 heterocycles. The first-order valence-electron chi connectivity index (χ1n) is 9.56. The summed E-state index contributed by atoms with van der Waals surface area (Å²) in [5.74, 6) is 0.389. The van der Waals surface area contributed by atoms with Crippen molar-refractivity contribution in [1.29, 1.82) is 5.41 Å². The van der Waals surface area contributed by atoms with Crippen molar-refractivity contribution in [3.05, 3.63) is 65.7 Å². The lowest BCUT2D eigenvalue weighted by Crippen LogP contribution is -2.26. The maximum absolute atomic E-state index is 12.1. The average Bonchev–Trinajstić information content (AvgIpc) is 3.24. The Morgan fingerprint density at radius 3 is 2.76 bits per heavy atom. The number of nitrogens with one attached hydrogen (secondary N) is 1. The zero-order valence-electron chi connectivity index (χ0n) is 16.3. The van der Waals surface area contributed by atoms with Gasteiger partial charge in [0.05, 0.1) is 35.3 Å². The number of carbonyl (C=O) groups excluding carboxylic acids is 1. The largest absolute Gasteiger partial charge is 0.509 e. The van der Waals surface area contributed by atoms with E-state index in [0.29, 0.717) is 35.8 Å². The van der Waals surface area contributed by atoms with E-state index in [1.807, 2.05) is 35.8 Å². The number of aliphatic hydroxyl groups excluding tert-OH is 1. The van der Waals surface area contributed by atoms with E-state index in [1.54, 1.807) is 36.1 Å². The van der Waals surface area contributed by atoms with E-state index in [0.717, 1.165) is 11.0 Å². The monoisotopic (exact) mass is 390 g/mol. The highest BCUT2D eigenvalue weighted by Gasteiger charge is 2.32. The van der Waals surface area contributed by atoms with Crippen molar-refractivity contribution in [2.45, 2.75) is 20.4 Å². The Kier molecular flexibility index (Phi) is 4.80. The molecule has 7 heteroatoms. The molecule has 4 rings (SSSR count). The molecule has 0 aliphatic carbocycles. The van der Waals surface area contributed by atoms with Gasteiger partial charge in [0.25, 0.3) is 0 Å². The molecule has 0 radical (unpaired) electrons. The van der Waals surface area contributed by atoms with Crippen LogP contribution in [0.4, 0.5) is 5.69 Å². The van der Waals surface area contributed by atoms with E-state index in [2.05, 4.69) is 4.98 Å². The number of para-hydroxylation sites is 2. The van der Waals surface area contributed by atoms with Gasteiger partial charge in [-0.1, -0.05) is 18.2 Å². The molecule has 1 aromatic heterocycles. The van der Waals surface area contributed by atoms with E-state index in [-0.39, 0.29) is 18.1 Å². The number of fused-ring (bicyclic) bond motifs is 1. The van der Waals surface area contributed by atoms with Crippen molar-refractivity contribution in [1.82, 2.24) is 9.55 Å². The zero-order chi connectivity index (χ0) is 20.5. The predicted molar refractivity (Wildman–Crippen MR) is 112 cm³/mol. The number of amidine groups is 1. The maximum Gasteiger partial charge on any atom is 0.338 e. The van der Waals surface area contributed by atoms with Crippen molar-refractivity contribution in [2.75, 3.05) is 18.1 Å². The summed E-state index contributed by atoms with van der Waals surface area (Å²) in [6, 6.07) is 14.6. The highest BCUT2D eigenvalue weighted by atomic mass is 16.5. The van der Waals surface area contributed by atoms with Gasteiger partial charge in [0.15, 0.2) is 0 Å². The SMILES string of the molecule is CCOC(=O)c1cccc(N2CC(O)=C(c3nc4ccccc4n3CC)C2=N)c1. The molecule has 0 bridgehead atoms. The number of hydrogen-bond donors (Lipinski definition) is 2. The number of carbonyl (C=O) groups is 1. The van der Waals surface area contributed by atoms with E-state index >= 15 is 0 Å². The van der Waals surface area contributed by atoms with Gasteiger partial charge in [-0.25, -0.2) is 9.78 Å². The lowest BCUT2D eigenvalue weighted by molar-refractivity contribution is 0.0526. The van der Waals surface area contributed by atoms with Gasteiger partial charge >= 0.3 is 5.97 Å². The first-order valence-corrected chi connectivity index (χ1v) is 9.56. The van der Waals surface area contributed by atoms with Gasteiger partial charge in [0, 0.05) is 12.2 Å². The van der Waals surface area contributed by atoms with Crippen LogP contribution in [0.15, 0.2) is 54.3 Å². The Labute approximate surface area is 168 Å². The number of nitrogens with zero attached hydrogens (tertiary/aromatic N) is 3. The fraction of sp³-hybridized carbons (Fsp3) is 0.227. The number of esters is 1. The van der Waals surface area contributed by atoms with Gasteiger partial charge < -0.3 is 19.3 Å². The second-order valence-electron chi connectivity index (χ2n) is 6.70. The van der Waals surface area contributed by atoms with E-state index in [1.165, 1.54) is 0 Å². The number of ether oxygens (including phenoxy) is 1. The lowest BCUT2D eigenvalue weighted by atomic mass is 10.2.